The molecular weight excluding hydrogens is 562 g/mol. The van der Waals surface area contributed by atoms with Crippen LogP contribution in [0.5, 0.6) is 5.75 Å². The van der Waals surface area contributed by atoms with E-state index in [0.717, 1.165) is 0 Å². The van der Waals surface area contributed by atoms with Gasteiger partial charge in [0.1, 0.15) is 5.75 Å². The summed E-state index contributed by atoms with van der Waals surface area (Å²) in [6.07, 6.45) is -1.62. The van der Waals surface area contributed by atoms with Gasteiger partial charge in [-0.15, -0.1) is 0 Å². The maximum absolute atomic E-state index is 13.0. The Bertz CT molecular complexity index is 1570. The number of carboxylic acid groups (broad SMARTS) is 1. The maximum atomic E-state index is 13.0. The third kappa shape index (κ3) is 8.11. The van der Waals surface area contributed by atoms with E-state index in [9.17, 15) is 24.3 Å². The number of amides is 2. The van der Waals surface area contributed by atoms with E-state index in [2.05, 4.69) is 10.6 Å². The molecular formula is C31H32ClN3O7. The van der Waals surface area contributed by atoms with Crippen molar-refractivity contribution in [2.45, 2.75) is 33.3 Å². The largest absolute Gasteiger partial charge is 0.497 e. The van der Waals surface area contributed by atoms with Crippen LogP contribution < -0.4 is 15.4 Å². The number of carbonyl (C=O) groups excluding carboxylic acids is 3. The highest BCUT2D eigenvalue weighted by molar-refractivity contribution is 6.30. The summed E-state index contributed by atoms with van der Waals surface area (Å²) in [5, 5.41) is 15.6. The molecule has 0 aliphatic heterocycles. The molecule has 10 nitrogen and oxygen atoms in total. The summed E-state index contributed by atoms with van der Waals surface area (Å²) < 4.78 is 11.7. The van der Waals surface area contributed by atoms with Crippen LogP contribution in [0.1, 0.15) is 35.5 Å². The van der Waals surface area contributed by atoms with Crippen molar-refractivity contribution < 1.29 is 33.8 Å². The Hall–Kier alpha value is -4.83. The molecule has 1 heterocycles. The normalized spacial score (nSPS) is 11.1. The van der Waals surface area contributed by atoms with E-state index in [1.807, 2.05) is 6.07 Å². The molecule has 0 spiro atoms. The molecule has 1 aromatic heterocycles. The molecule has 0 bridgehead atoms. The molecule has 0 saturated carbocycles. The smallest absolute Gasteiger partial charge is 0.412 e. The highest BCUT2D eigenvalue weighted by atomic mass is 35.5. The zero-order valence-electron chi connectivity index (χ0n) is 23.6. The third-order valence-corrected chi connectivity index (χ3v) is 6.44. The summed E-state index contributed by atoms with van der Waals surface area (Å²) in [4.78, 5) is 47.0. The number of halogens is 1. The van der Waals surface area contributed by atoms with Gasteiger partial charge in [0.25, 0.3) is 11.8 Å². The minimum atomic E-state index is -0.955. The summed E-state index contributed by atoms with van der Waals surface area (Å²) in [6, 6.07) is 20.8. The lowest BCUT2D eigenvalue weighted by Gasteiger charge is -2.13. The highest BCUT2D eigenvalue weighted by Gasteiger charge is 2.22. The summed E-state index contributed by atoms with van der Waals surface area (Å²) in [5.41, 5.74) is 2.95. The van der Waals surface area contributed by atoms with Gasteiger partial charge < -0.3 is 19.9 Å². The molecule has 0 saturated heterocycles. The fraction of sp³-hybridized carbons (Fsp3) is 0.226. The average Bonchev–Trinajstić information content (AvgIpc) is 3.23. The third-order valence-electron chi connectivity index (χ3n) is 6.19. The molecule has 3 N–H and O–H groups in total. The lowest BCUT2D eigenvalue weighted by Crippen LogP contribution is -2.36. The van der Waals surface area contributed by atoms with Crippen molar-refractivity contribution in [1.82, 2.24) is 9.88 Å². The fourth-order valence-corrected chi connectivity index (χ4v) is 4.27. The van der Waals surface area contributed by atoms with E-state index in [4.69, 9.17) is 21.1 Å². The zero-order chi connectivity index (χ0) is 30.8. The summed E-state index contributed by atoms with van der Waals surface area (Å²) in [7, 11) is 1.54. The Labute approximate surface area is 248 Å². The number of carbonyl (C=O) groups is 4. The molecule has 0 fully saturated rings. The van der Waals surface area contributed by atoms with Gasteiger partial charge in [0.15, 0.2) is 6.10 Å². The number of likely N-dealkylation sites (N-methyl/N-ethyl adjacent to an activating group) is 1. The van der Waals surface area contributed by atoms with Crippen molar-refractivity contribution in [1.29, 1.82) is 0 Å². The van der Waals surface area contributed by atoms with Crippen LogP contribution >= 0.6 is 11.6 Å². The van der Waals surface area contributed by atoms with Crippen LogP contribution in [0.3, 0.4) is 0 Å². The number of anilines is 1. The Morgan fingerprint density at radius 2 is 1.67 bits per heavy atom. The molecule has 0 aliphatic rings. The Balaban J connectivity index is 0.000000250. The van der Waals surface area contributed by atoms with Crippen LogP contribution in [0, 0.1) is 6.92 Å². The van der Waals surface area contributed by atoms with Gasteiger partial charge in [-0.2, -0.15) is 0 Å². The van der Waals surface area contributed by atoms with Gasteiger partial charge in [0, 0.05) is 33.9 Å². The molecule has 4 rings (SSSR count). The Morgan fingerprint density at radius 1 is 1.00 bits per heavy atom. The Morgan fingerprint density at radius 3 is 2.26 bits per heavy atom. The van der Waals surface area contributed by atoms with E-state index in [1.54, 1.807) is 87.7 Å². The van der Waals surface area contributed by atoms with Gasteiger partial charge in [-0.3, -0.25) is 24.3 Å². The second kappa shape index (κ2) is 14.7. The fourth-order valence-electron chi connectivity index (χ4n) is 4.15. The first-order valence-corrected chi connectivity index (χ1v) is 13.4. The van der Waals surface area contributed by atoms with Crippen LogP contribution in [0.4, 0.5) is 10.5 Å². The summed E-state index contributed by atoms with van der Waals surface area (Å²) in [6.45, 7) is 5.58. The molecule has 3 aromatic carbocycles. The van der Waals surface area contributed by atoms with Crippen LogP contribution in [0.25, 0.3) is 10.9 Å². The lowest BCUT2D eigenvalue weighted by molar-refractivity contribution is -0.136. The van der Waals surface area contributed by atoms with Crippen molar-refractivity contribution in [2.75, 3.05) is 19.0 Å². The molecule has 0 aliphatic carbocycles. The van der Waals surface area contributed by atoms with Gasteiger partial charge in [-0.1, -0.05) is 29.8 Å². The number of nitrogens with zero attached hydrogens (tertiary/aromatic N) is 1. The predicted molar refractivity (Wildman–Crippen MR) is 160 cm³/mol. The lowest BCUT2D eigenvalue weighted by atomic mass is 10.1. The van der Waals surface area contributed by atoms with Gasteiger partial charge in [-0.05, 0) is 80.9 Å². The van der Waals surface area contributed by atoms with E-state index in [0.29, 0.717) is 50.7 Å². The first-order chi connectivity index (χ1) is 20.0. The molecule has 0 radical (unpaired) electrons. The van der Waals surface area contributed by atoms with Crippen LogP contribution in [0.2, 0.25) is 5.02 Å². The van der Waals surface area contributed by atoms with Crippen molar-refractivity contribution in [2.24, 2.45) is 0 Å². The Kier molecular flexibility index (Phi) is 11.1. The number of aliphatic carboxylic acids is 1. The van der Waals surface area contributed by atoms with Crippen LogP contribution in [-0.4, -0.2) is 53.3 Å². The quantitative estimate of drug-likeness (QED) is 0.239. The number of carboxylic acids is 1. The van der Waals surface area contributed by atoms with Gasteiger partial charge in [-0.25, -0.2) is 4.79 Å². The minimum Gasteiger partial charge on any atom is -0.497 e. The average molecular weight is 594 g/mol. The van der Waals surface area contributed by atoms with Crippen molar-refractivity contribution in [3.8, 4) is 5.75 Å². The molecule has 42 heavy (non-hydrogen) atoms. The summed E-state index contributed by atoms with van der Waals surface area (Å²) in [5.74, 6) is -0.893. The van der Waals surface area contributed by atoms with Gasteiger partial charge in [0.05, 0.1) is 19.0 Å². The summed E-state index contributed by atoms with van der Waals surface area (Å²) >= 11 is 5.89. The SMILES string of the molecule is CCNC(=O)C(C)OC(=O)Nc1ccccc1.COc1ccc2c(c1)c(CC(=O)O)c(C)n2C(=O)c1ccc(Cl)cc1. The molecule has 11 heteroatoms. The van der Waals surface area contributed by atoms with Crippen LogP contribution in [-0.2, 0) is 20.7 Å². The molecule has 4 aromatic rings. The van der Waals surface area contributed by atoms with Gasteiger partial charge >= 0.3 is 12.1 Å². The number of para-hydroxylation sites is 1. The topological polar surface area (TPSA) is 136 Å². The van der Waals surface area contributed by atoms with Gasteiger partial charge in [0.2, 0.25) is 0 Å². The number of rotatable bonds is 8. The number of fused-ring (bicyclic) bond motifs is 1. The minimum absolute atomic E-state index is 0.170. The standard InChI is InChI=1S/C19H16ClNO4.C12H16N2O3/c1-11-15(10-18(22)23)16-9-14(25-2)7-8-17(16)21(11)19(24)12-3-5-13(20)6-4-12;1-3-13-11(15)9(2)17-12(16)14-10-7-5-4-6-8-10/h3-9H,10H2,1-2H3,(H,22,23);4-9H,3H2,1-2H3,(H,13,15)(H,14,16). The second-order valence-electron chi connectivity index (χ2n) is 9.10. The van der Waals surface area contributed by atoms with Crippen molar-refractivity contribution in [3.05, 3.63) is 94.6 Å². The van der Waals surface area contributed by atoms with E-state index >= 15 is 0 Å². The number of ether oxygens (including phenoxy) is 2. The number of methoxy groups -OCH3 is 1. The first-order valence-electron chi connectivity index (χ1n) is 13.1. The van der Waals surface area contributed by atoms with E-state index in [-0.39, 0.29) is 18.2 Å². The second-order valence-corrected chi connectivity index (χ2v) is 9.53. The molecule has 2 amide bonds. The number of nitrogens with one attached hydrogen (secondary N) is 2. The highest BCUT2D eigenvalue weighted by Crippen LogP contribution is 2.30. The molecule has 1 unspecified atom stereocenters. The monoisotopic (exact) mass is 593 g/mol. The van der Waals surface area contributed by atoms with E-state index in [1.165, 1.54) is 11.5 Å². The number of aromatic nitrogens is 1. The van der Waals surface area contributed by atoms with E-state index < -0.39 is 18.2 Å². The first kappa shape index (κ1) is 31.7. The number of benzene rings is 3. The number of hydrogen-bond donors (Lipinski definition) is 3. The van der Waals surface area contributed by atoms with Crippen molar-refractivity contribution in [3.63, 3.8) is 0 Å². The molecule has 1 atom stereocenters. The van der Waals surface area contributed by atoms with Crippen molar-refractivity contribution >= 4 is 52.1 Å². The zero-order valence-corrected chi connectivity index (χ0v) is 24.4. The van der Waals surface area contributed by atoms with Crippen LogP contribution in [0.15, 0.2) is 72.8 Å². The molecule has 220 valence electrons. The maximum Gasteiger partial charge on any atom is 0.412 e. The predicted octanol–water partition coefficient (Wildman–Crippen LogP) is 5.69. The number of hydrogen-bond acceptors (Lipinski definition) is 6.